The zero-order chi connectivity index (χ0) is 21.9. The number of hydrogen-bond acceptors (Lipinski definition) is 8. The summed E-state index contributed by atoms with van der Waals surface area (Å²) in [7, 11) is 5.07. The van der Waals surface area contributed by atoms with E-state index in [1.165, 1.54) is 13.4 Å². The number of anilines is 1. The predicted octanol–water partition coefficient (Wildman–Crippen LogP) is -0.145. The molecular weight excluding hydrogens is 400 g/mol. The van der Waals surface area contributed by atoms with Gasteiger partial charge in [-0.1, -0.05) is 0 Å². The molecular formula is C20H20N8O3. The summed E-state index contributed by atoms with van der Waals surface area (Å²) in [6, 6.07) is 0. The molecule has 2 aliphatic rings. The molecule has 3 aromatic rings. The maximum atomic E-state index is 12.4. The van der Waals surface area contributed by atoms with E-state index in [0.29, 0.717) is 34.8 Å². The Bertz CT molecular complexity index is 1330. The second-order valence-electron chi connectivity index (χ2n) is 7.62. The molecule has 11 nitrogen and oxygen atoms in total. The Balaban J connectivity index is 1.62. The minimum Gasteiger partial charge on any atom is -0.508 e. The third-order valence-corrected chi connectivity index (χ3v) is 6.00. The molecule has 1 amide bonds. The lowest BCUT2D eigenvalue weighted by Crippen LogP contribution is -2.37. The predicted molar refractivity (Wildman–Crippen MR) is 111 cm³/mol. The average molecular weight is 420 g/mol. The maximum Gasteiger partial charge on any atom is 0.229 e. The molecule has 31 heavy (non-hydrogen) atoms. The first-order chi connectivity index (χ1) is 14.9. The summed E-state index contributed by atoms with van der Waals surface area (Å²) >= 11 is 0. The van der Waals surface area contributed by atoms with E-state index in [1.807, 2.05) is 7.05 Å². The number of imidazole rings is 2. The summed E-state index contributed by atoms with van der Waals surface area (Å²) in [6.45, 7) is 0. The van der Waals surface area contributed by atoms with Crippen LogP contribution in [0.4, 0.5) is 5.82 Å². The third kappa shape index (κ3) is 2.55. The Morgan fingerprint density at radius 2 is 2.10 bits per heavy atom. The lowest BCUT2D eigenvalue weighted by atomic mass is 9.99. The van der Waals surface area contributed by atoms with Crippen molar-refractivity contribution in [2.24, 2.45) is 18.4 Å². The van der Waals surface area contributed by atoms with Crippen LogP contribution in [0.1, 0.15) is 17.9 Å². The van der Waals surface area contributed by atoms with Crippen LogP contribution in [0.25, 0.3) is 16.9 Å². The molecule has 0 spiro atoms. The van der Waals surface area contributed by atoms with Gasteiger partial charge in [0.2, 0.25) is 11.7 Å². The van der Waals surface area contributed by atoms with Crippen molar-refractivity contribution in [1.82, 2.24) is 34.4 Å². The first-order valence-corrected chi connectivity index (χ1v) is 9.67. The zero-order valence-electron chi connectivity index (χ0n) is 17.1. The van der Waals surface area contributed by atoms with Crippen LogP contribution >= 0.6 is 0 Å². The van der Waals surface area contributed by atoms with Crippen LogP contribution in [0.15, 0.2) is 24.6 Å². The monoisotopic (exact) mass is 420 g/mol. The number of carbonyl (C=O) groups excluding carboxylic acids is 1. The fourth-order valence-electron chi connectivity index (χ4n) is 4.29. The van der Waals surface area contributed by atoms with Gasteiger partial charge in [-0.15, -0.1) is 0 Å². The largest absolute Gasteiger partial charge is 0.508 e. The molecule has 3 aromatic heterocycles. The molecule has 0 aliphatic heterocycles. The first-order valence-electron chi connectivity index (χ1n) is 9.67. The lowest BCUT2D eigenvalue weighted by Gasteiger charge is -2.16. The zero-order valence-corrected chi connectivity index (χ0v) is 17.1. The molecule has 11 heteroatoms. The minimum atomic E-state index is -1.28. The molecule has 0 radical (unpaired) electrons. The summed E-state index contributed by atoms with van der Waals surface area (Å²) < 4.78 is 3.39. The van der Waals surface area contributed by atoms with Gasteiger partial charge in [0.1, 0.15) is 23.9 Å². The number of fused-ring (bicyclic) bond motifs is 2. The van der Waals surface area contributed by atoms with Gasteiger partial charge in [0.05, 0.1) is 23.6 Å². The maximum absolute atomic E-state index is 12.4. The van der Waals surface area contributed by atoms with E-state index in [-0.39, 0.29) is 23.4 Å². The number of nitrogens with zero attached hydrogens (tertiary/aromatic N) is 6. The van der Waals surface area contributed by atoms with Crippen molar-refractivity contribution in [3.8, 4) is 11.8 Å². The van der Waals surface area contributed by atoms with Gasteiger partial charge in [0.25, 0.3) is 0 Å². The Labute approximate surface area is 176 Å². The molecule has 3 heterocycles. The lowest BCUT2D eigenvalue weighted by molar-refractivity contribution is -0.129. The number of nitrogens with one attached hydrogen (secondary N) is 2. The number of rotatable bonds is 3. The van der Waals surface area contributed by atoms with Crippen molar-refractivity contribution in [3.63, 3.8) is 0 Å². The van der Waals surface area contributed by atoms with Crippen molar-refractivity contribution in [2.75, 3.05) is 19.4 Å². The molecule has 2 unspecified atom stereocenters. The van der Waals surface area contributed by atoms with E-state index in [4.69, 9.17) is 0 Å². The number of aryl methyl sites for hydroxylation is 1. The highest BCUT2D eigenvalue weighted by molar-refractivity contribution is 5.94. The first kappa shape index (κ1) is 19.1. The molecule has 4 N–H and O–H groups in total. The van der Waals surface area contributed by atoms with Gasteiger partial charge in [-0.25, -0.2) is 19.9 Å². The average Bonchev–Trinajstić information content (AvgIpc) is 3.02. The van der Waals surface area contributed by atoms with Crippen LogP contribution in [0.3, 0.4) is 0 Å². The summed E-state index contributed by atoms with van der Waals surface area (Å²) in [6.07, 6.45) is 3.96. The topological polar surface area (TPSA) is 143 Å². The molecule has 0 saturated heterocycles. The third-order valence-electron chi connectivity index (χ3n) is 6.00. The molecule has 5 rings (SSSR count). The molecule has 2 aliphatic carbocycles. The van der Waals surface area contributed by atoms with E-state index < -0.39 is 11.5 Å². The second kappa shape index (κ2) is 6.55. The number of hydrogen-bond donors (Lipinski definition) is 4. The Hall–Kier alpha value is -3.91. The van der Waals surface area contributed by atoms with Gasteiger partial charge in [-0.3, -0.25) is 9.36 Å². The number of aliphatic hydroxyl groups excluding tert-OH is 2. The number of allylic oxidation sites excluding steroid dienone is 1. The van der Waals surface area contributed by atoms with E-state index in [9.17, 15) is 15.0 Å². The summed E-state index contributed by atoms with van der Waals surface area (Å²) in [5.41, 5.74) is 0.982. The van der Waals surface area contributed by atoms with Crippen molar-refractivity contribution in [1.29, 1.82) is 0 Å². The van der Waals surface area contributed by atoms with Gasteiger partial charge in [0, 0.05) is 27.1 Å². The summed E-state index contributed by atoms with van der Waals surface area (Å²) in [4.78, 5) is 29.8. The quantitative estimate of drug-likeness (QED) is 0.429. The van der Waals surface area contributed by atoms with Crippen molar-refractivity contribution < 1.29 is 15.0 Å². The number of aromatic nitrogens is 6. The van der Waals surface area contributed by atoms with Crippen LogP contribution in [-0.2, 0) is 11.8 Å². The summed E-state index contributed by atoms with van der Waals surface area (Å²) in [5, 5.41) is 26.8. The molecule has 158 valence electrons. The molecule has 1 fully saturated rings. The highest BCUT2D eigenvalue weighted by atomic mass is 16.3. The SMILES string of the molecule is CNC(=O)C12CC1C(n1cnc3c(NC)nc(C#Cc4cncn4C)nc31)=C(O)[C@@H]2O. The number of carbonyl (C=O) groups is 1. The second-order valence-corrected chi connectivity index (χ2v) is 7.62. The fourth-order valence-corrected chi connectivity index (χ4v) is 4.29. The van der Waals surface area contributed by atoms with E-state index in [0.717, 1.165) is 0 Å². The number of aliphatic hydroxyl groups is 2. The highest BCUT2D eigenvalue weighted by Crippen LogP contribution is 2.66. The molecule has 1 saturated carbocycles. The van der Waals surface area contributed by atoms with E-state index in [2.05, 4.69) is 42.4 Å². The molecule has 0 aromatic carbocycles. The van der Waals surface area contributed by atoms with E-state index >= 15 is 0 Å². The van der Waals surface area contributed by atoms with E-state index in [1.54, 1.807) is 28.7 Å². The Morgan fingerprint density at radius 1 is 1.29 bits per heavy atom. The van der Waals surface area contributed by atoms with Crippen LogP contribution in [0.2, 0.25) is 0 Å². The van der Waals surface area contributed by atoms with Gasteiger partial charge < -0.3 is 25.4 Å². The van der Waals surface area contributed by atoms with Crippen LogP contribution < -0.4 is 10.6 Å². The molecule has 3 atom stereocenters. The van der Waals surface area contributed by atoms with Gasteiger partial charge >= 0.3 is 0 Å². The Kier molecular flexibility index (Phi) is 4.03. The highest BCUT2D eigenvalue weighted by Gasteiger charge is 2.72. The fraction of sp³-hybridized carbons (Fsp3) is 0.350. The molecule has 0 bridgehead atoms. The standard InChI is InChI=1S/C20H20N8O3/c1-21-17-13-18(26-12(25-17)5-4-10-7-23-8-27(10)3)28(9-24-13)14-11-6-20(11,19(31)22-2)16(30)15(14)29/h7-9,11,16,29-30H,6H2,1-3H3,(H,22,31)(H,21,25,26)/t11?,16-,20?/m0/s1. The van der Waals surface area contributed by atoms with Crippen molar-refractivity contribution >= 4 is 28.6 Å². The normalized spacial score (nSPS) is 24.0. The van der Waals surface area contributed by atoms with Gasteiger partial charge in [-0.05, 0) is 18.3 Å². The van der Waals surface area contributed by atoms with Crippen molar-refractivity contribution in [2.45, 2.75) is 12.5 Å². The minimum absolute atomic E-state index is 0.244. The van der Waals surface area contributed by atoms with Crippen LogP contribution in [0.5, 0.6) is 0 Å². The van der Waals surface area contributed by atoms with Crippen molar-refractivity contribution in [3.05, 3.63) is 36.1 Å². The smallest absolute Gasteiger partial charge is 0.229 e. The van der Waals surface area contributed by atoms with Gasteiger partial charge in [-0.2, -0.15) is 0 Å². The number of amides is 1. The summed E-state index contributed by atoms with van der Waals surface area (Å²) in [5.74, 6) is 5.77. The van der Waals surface area contributed by atoms with Crippen LogP contribution in [0, 0.1) is 23.2 Å². The Morgan fingerprint density at radius 3 is 2.77 bits per heavy atom. The van der Waals surface area contributed by atoms with Gasteiger partial charge in [0.15, 0.2) is 17.0 Å². The van der Waals surface area contributed by atoms with Crippen LogP contribution in [-0.4, -0.2) is 65.4 Å².